The Morgan fingerprint density at radius 1 is 1.37 bits per heavy atom. The summed E-state index contributed by atoms with van der Waals surface area (Å²) in [5.41, 5.74) is 1.66. The summed E-state index contributed by atoms with van der Waals surface area (Å²) in [5, 5.41) is 10.5. The number of carbonyl (C=O) groups is 1. The maximum atomic E-state index is 11.9. The topological polar surface area (TPSA) is 55.1 Å². The summed E-state index contributed by atoms with van der Waals surface area (Å²) in [4.78, 5) is 12.4. The molecule has 1 N–H and O–H groups in total. The molecule has 0 saturated carbocycles. The Hall–Kier alpha value is -1.63. The molecule has 0 radical (unpaired) electrons. The first kappa shape index (κ1) is 12.4. The van der Waals surface area contributed by atoms with E-state index in [-0.39, 0.29) is 5.91 Å². The molecule has 96 valence electrons. The van der Waals surface area contributed by atoms with Gasteiger partial charge in [-0.05, 0) is 23.6 Å². The van der Waals surface area contributed by atoms with Crippen LogP contribution < -0.4 is 5.32 Å². The minimum Gasteiger partial charge on any atom is -0.338 e. The number of halogens is 1. The van der Waals surface area contributed by atoms with Crippen LogP contribution in [0.5, 0.6) is 0 Å². The van der Waals surface area contributed by atoms with Crippen molar-refractivity contribution in [2.24, 2.45) is 0 Å². The van der Waals surface area contributed by atoms with Crippen molar-refractivity contribution in [3.63, 3.8) is 0 Å². The van der Waals surface area contributed by atoms with Gasteiger partial charge in [0.2, 0.25) is 5.88 Å². The molecule has 0 aliphatic heterocycles. The molecule has 3 heterocycles. The van der Waals surface area contributed by atoms with E-state index in [1.165, 1.54) is 11.3 Å². The summed E-state index contributed by atoms with van der Waals surface area (Å²) >= 11 is 8.57. The number of rotatable bonds is 3. The number of carbonyl (C=O) groups excluding carboxylic acids is 1. The van der Waals surface area contributed by atoms with Crippen LogP contribution in [0.4, 0.5) is 5.88 Å². The van der Waals surface area contributed by atoms with Gasteiger partial charge in [0.05, 0.1) is 9.21 Å². The Bertz CT molecular complexity index is 703. The van der Waals surface area contributed by atoms with Gasteiger partial charge < -0.3 is 4.52 Å². The van der Waals surface area contributed by atoms with Gasteiger partial charge in [-0.2, -0.15) is 11.3 Å². The normalized spacial score (nSPS) is 10.6. The van der Waals surface area contributed by atoms with Gasteiger partial charge in [-0.15, -0.1) is 11.3 Å². The highest BCUT2D eigenvalue weighted by atomic mass is 35.5. The zero-order chi connectivity index (χ0) is 13.2. The van der Waals surface area contributed by atoms with Gasteiger partial charge in [-0.25, -0.2) is 0 Å². The number of thiophene rings is 2. The number of nitrogens with one attached hydrogen (secondary N) is 1. The fourth-order valence-electron chi connectivity index (χ4n) is 1.49. The minimum absolute atomic E-state index is 0.259. The highest BCUT2D eigenvalue weighted by Crippen LogP contribution is 2.25. The highest BCUT2D eigenvalue weighted by molar-refractivity contribution is 7.18. The number of hydrogen-bond donors (Lipinski definition) is 1. The molecule has 19 heavy (non-hydrogen) atoms. The van der Waals surface area contributed by atoms with Crippen LogP contribution in [0.3, 0.4) is 0 Å². The molecule has 1 amide bonds. The Labute approximate surface area is 121 Å². The average molecular weight is 311 g/mol. The molecule has 3 rings (SSSR count). The highest BCUT2D eigenvalue weighted by Gasteiger charge is 2.13. The number of nitrogens with zero attached hydrogens (tertiary/aromatic N) is 1. The molecular weight excluding hydrogens is 304 g/mol. The summed E-state index contributed by atoms with van der Waals surface area (Å²) in [6.45, 7) is 0. The molecular formula is C12H7ClN2O2S2. The lowest BCUT2D eigenvalue weighted by Crippen LogP contribution is -2.09. The second-order valence-electron chi connectivity index (χ2n) is 3.65. The first-order chi connectivity index (χ1) is 9.22. The lowest BCUT2D eigenvalue weighted by atomic mass is 10.2. The number of aromatic nitrogens is 1. The van der Waals surface area contributed by atoms with Gasteiger partial charge in [0.25, 0.3) is 5.91 Å². The van der Waals surface area contributed by atoms with E-state index in [4.69, 9.17) is 16.1 Å². The maximum Gasteiger partial charge on any atom is 0.268 e. The monoisotopic (exact) mass is 310 g/mol. The molecule has 4 nitrogen and oxygen atoms in total. The van der Waals surface area contributed by atoms with Crippen LogP contribution in [0.25, 0.3) is 11.3 Å². The third-order valence-corrected chi connectivity index (χ3v) is 4.27. The van der Waals surface area contributed by atoms with Crippen LogP contribution in [-0.2, 0) is 0 Å². The molecule has 0 aliphatic carbocycles. The Kier molecular flexibility index (Phi) is 3.37. The molecule has 0 fully saturated rings. The molecule has 0 spiro atoms. The molecule has 0 aliphatic rings. The van der Waals surface area contributed by atoms with Gasteiger partial charge in [0.15, 0.2) is 0 Å². The largest absolute Gasteiger partial charge is 0.338 e. The standard InChI is InChI=1S/C12H7ClN2O2S2/c13-10-2-1-9(19-10)12(16)14-11-5-8(15-17-11)7-3-4-18-6-7/h1-6H,(H,14,16). The summed E-state index contributed by atoms with van der Waals surface area (Å²) in [6.07, 6.45) is 0. The van der Waals surface area contributed by atoms with E-state index in [0.29, 0.717) is 20.8 Å². The van der Waals surface area contributed by atoms with Gasteiger partial charge in [-0.3, -0.25) is 10.1 Å². The van der Waals surface area contributed by atoms with E-state index in [1.54, 1.807) is 29.5 Å². The maximum absolute atomic E-state index is 11.9. The molecule has 7 heteroatoms. The van der Waals surface area contributed by atoms with Gasteiger partial charge in [-0.1, -0.05) is 16.8 Å². The van der Waals surface area contributed by atoms with E-state index in [9.17, 15) is 4.79 Å². The van der Waals surface area contributed by atoms with Crippen LogP contribution in [0.2, 0.25) is 4.34 Å². The molecule has 3 aromatic heterocycles. The number of hydrogen-bond acceptors (Lipinski definition) is 5. The van der Waals surface area contributed by atoms with Crippen LogP contribution in [0, 0.1) is 0 Å². The number of anilines is 1. The molecule has 0 saturated heterocycles. The van der Waals surface area contributed by atoms with Gasteiger partial charge >= 0.3 is 0 Å². The van der Waals surface area contributed by atoms with Crippen LogP contribution in [0.1, 0.15) is 9.67 Å². The fraction of sp³-hybridized carbons (Fsp3) is 0. The molecule has 0 bridgehead atoms. The van der Waals surface area contributed by atoms with Crippen molar-refractivity contribution in [1.29, 1.82) is 0 Å². The van der Waals surface area contributed by atoms with Crippen LogP contribution >= 0.6 is 34.3 Å². The lowest BCUT2D eigenvalue weighted by Gasteiger charge is -1.96. The minimum atomic E-state index is -0.259. The quantitative estimate of drug-likeness (QED) is 0.781. The van der Waals surface area contributed by atoms with E-state index in [2.05, 4.69) is 10.5 Å². The van der Waals surface area contributed by atoms with E-state index >= 15 is 0 Å². The third-order valence-electron chi connectivity index (χ3n) is 2.36. The van der Waals surface area contributed by atoms with Gasteiger partial charge in [0, 0.05) is 17.0 Å². The smallest absolute Gasteiger partial charge is 0.268 e. The van der Waals surface area contributed by atoms with E-state index in [0.717, 1.165) is 5.56 Å². The average Bonchev–Trinajstić information content (AvgIpc) is 3.07. The second-order valence-corrected chi connectivity index (χ2v) is 6.14. The predicted molar refractivity (Wildman–Crippen MR) is 77.1 cm³/mol. The predicted octanol–water partition coefficient (Wildman–Crippen LogP) is 4.37. The second kappa shape index (κ2) is 5.16. The third kappa shape index (κ3) is 2.70. The molecule has 3 aromatic rings. The summed E-state index contributed by atoms with van der Waals surface area (Å²) in [7, 11) is 0. The first-order valence-corrected chi connectivity index (χ1v) is 7.42. The molecule has 0 atom stereocenters. The van der Waals surface area contributed by atoms with Gasteiger partial charge in [0.1, 0.15) is 5.69 Å². The molecule has 0 unspecified atom stereocenters. The zero-order valence-electron chi connectivity index (χ0n) is 9.42. The SMILES string of the molecule is O=C(Nc1cc(-c2ccsc2)no1)c1ccc(Cl)s1. The van der Waals surface area contributed by atoms with Crippen molar-refractivity contribution < 1.29 is 9.32 Å². The van der Waals surface area contributed by atoms with E-state index in [1.807, 2.05) is 16.8 Å². The Balaban J connectivity index is 1.76. The van der Waals surface area contributed by atoms with Crippen molar-refractivity contribution in [2.75, 3.05) is 5.32 Å². The lowest BCUT2D eigenvalue weighted by molar-refractivity contribution is 0.102. The fourth-order valence-corrected chi connectivity index (χ4v) is 3.08. The van der Waals surface area contributed by atoms with E-state index < -0.39 is 0 Å². The van der Waals surface area contributed by atoms with Crippen LogP contribution in [-0.4, -0.2) is 11.1 Å². The van der Waals surface area contributed by atoms with Crippen molar-refractivity contribution in [3.8, 4) is 11.3 Å². The summed E-state index contributed by atoms with van der Waals surface area (Å²) in [6, 6.07) is 6.97. The Morgan fingerprint density at radius 2 is 2.26 bits per heavy atom. The van der Waals surface area contributed by atoms with Crippen LogP contribution in [0.15, 0.2) is 39.5 Å². The summed E-state index contributed by atoms with van der Waals surface area (Å²) in [5.74, 6) is 0.0561. The number of amides is 1. The van der Waals surface area contributed by atoms with Crippen molar-refractivity contribution in [3.05, 3.63) is 44.2 Å². The van der Waals surface area contributed by atoms with Crippen molar-refractivity contribution in [2.45, 2.75) is 0 Å². The van der Waals surface area contributed by atoms with Crippen molar-refractivity contribution >= 4 is 46.1 Å². The first-order valence-electron chi connectivity index (χ1n) is 5.28. The summed E-state index contributed by atoms with van der Waals surface area (Å²) < 4.78 is 5.65. The zero-order valence-corrected chi connectivity index (χ0v) is 11.8. The Morgan fingerprint density at radius 3 is 2.95 bits per heavy atom. The van der Waals surface area contributed by atoms with Crippen molar-refractivity contribution in [1.82, 2.24) is 5.16 Å². The molecule has 0 aromatic carbocycles.